The lowest BCUT2D eigenvalue weighted by molar-refractivity contribution is -0.116. The second-order valence-corrected chi connectivity index (χ2v) is 6.51. The van der Waals surface area contributed by atoms with Crippen LogP contribution in [0.15, 0.2) is 10.7 Å². The number of anilines is 1. The van der Waals surface area contributed by atoms with E-state index in [9.17, 15) is 9.59 Å². The van der Waals surface area contributed by atoms with E-state index in [2.05, 4.69) is 20.7 Å². The second-order valence-electron chi connectivity index (χ2n) is 6.51. The lowest BCUT2D eigenvalue weighted by Crippen LogP contribution is -2.25. The molecule has 2 aromatic rings. The first-order chi connectivity index (χ1) is 11.2. The van der Waals surface area contributed by atoms with Crippen LogP contribution >= 0.6 is 0 Å². The predicted molar refractivity (Wildman–Crippen MR) is 86.7 cm³/mol. The van der Waals surface area contributed by atoms with Gasteiger partial charge in [-0.25, -0.2) is 4.79 Å². The van der Waals surface area contributed by atoms with E-state index in [1.54, 1.807) is 20.8 Å². The average molecular weight is 334 g/mol. The number of H-pyrrole nitrogens is 1. The van der Waals surface area contributed by atoms with Crippen LogP contribution in [0.3, 0.4) is 0 Å². The Morgan fingerprint density at radius 2 is 2.04 bits per heavy atom. The first-order valence-electron chi connectivity index (χ1n) is 7.65. The van der Waals surface area contributed by atoms with Crippen LogP contribution < -0.4 is 5.32 Å². The molecule has 0 unspecified atom stereocenters. The van der Waals surface area contributed by atoms with Crippen LogP contribution in [0.4, 0.5) is 5.69 Å². The highest BCUT2D eigenvalue weighted by Crippen LogP contribution is 2.18. The third-order valence-electron chi connectivity index (χ3n) is 3.30. The van der Waals surface area contributed by atoms with Crippen LogP contribution in [-0.2, 0) is 16.0 Å². The standard InChI is InChI=1S/C16H22N4O4/c1-9-11(10(2)24-20-9)6-7-13(21)18-12-8-17-19-14(12)15(22)23-16(3,4)5/h8H,6-7H2,1-5H3,(H,17,19)(H,18,21). The number of hydrogen-bond acceptors (Lipinski definition) is 6. The van der Waals surface area contributed by atoms with Crippen molar-refractivity contribution in [3.05, 3.63) is 28.9 Å². The summed E-state index contributed by atoms with van der Waals surface area (Å²) in [5, 5.41) is 12.9. The predicted octanol–water partition coefficient (Wildman–Crippen LogP) is 2.54. The lowest BCUT2D eigenvalue weighted by atomic mass is 10.1. The van der Waals surface area contributed by atoms with Gasteiger partial charge in [0.05, 0.1) is 17.6 Å². The van der Waals surface area contributed by atoms with Crippen LogP contribution in [0.5, 0.6) is 0 Å². The number of aryl methyl sites for hydroxylation is 2. The molecule has 0 saturated carbocycles. The van der Waals surface area contributed by atoms with Gasteiger partial charge in [-0.2, -0.15) is 5.10 Å². The van der Waals surface area contributed by atoms with Crippen molar-refractivity contribution < 1.29 is 18.8 Å². The minimum Gasteiger partial charge on any atom is -0.455 e. The molecule has 0 aliphatic heterocycles. The van der Waals surface area contributed by atoms with Crippen LogP contribution in [0.2, 0.25) is 0 Å². The molecule has 2 aromatic heterocycles. The minimum absolute atomic E-state index is 0.121. The maximum atomic E-state index is 12.1. The molecule has 0 aliphatic rings. The van der Waals surface area contributed by atoms with Gasteiger partial charge in [-0.3, -0.25) is 9.89 Å². The minimum atomic E-state index is -0.632. The molecule has 24 heavy (non-hydrogen) atoms. The smallest absolute Gasteiger partial charge is 0.359 e. The Balaban J connectivity index is 1.98. The fraction of sp³-hybridized carbons (Fsp3) is 0.500. The second kappa shape index (κ2) is 6.86. The number of ether oxygens (including phenoxy) is 1. The van der Waals surface area contributed by atoms with E-state index in [0.717, 1.165) is 11.3 Å². The quantitative estimate of drug-likeness (QED) is 0.813. The average Bonchev–Trinajstić information content (AvgIpc) is 3.03. The van der Waals surface area contributed by atoms with Gasteiger partial charge < -0.3 is 14.6 Å². The zero-order valence-electron chi connectivity index (χ0n) is 14.5. The van der Waals surface area contributed by atoms with Crippen molar-refractivity contribution in [1.82, 2.24) is 15.4 Å². The third kappa shape index (κ3) is 4.43. The van der Waals surface area contributed by atoms with Crippen LogP contribution in [0.1, 0.15) is 54.7 Å². The molecule has 0 saturated heterocycles. The number of esters is 1. The van der Waals surface area contributed by atoms with Crippen molar-refractivity contribution in [2.45, 2.75) is 53.1 Å². The molecule has 0 aromatic carbocycles. The van der Waals surface area contributed by atoms with Gasteiger partial charge in [0, 0.05) is 12.0 Å². The summed E-state index contributed by atoms with van der Waals surface area (Å²) in [6, 6.07) is 0. The van der Waals surface area contributed by atoms with E-state index in [4.69, 9.17) is 9.26 Å². The number of aromatic amines is 1. The van der Waals surface area contributed by atoms with Crippen molar-refractivity contribution in [2.24, 2.45) is 0 Å². The van der Waals surface area contributed by atoms with Crippen LogP contribution in [0.25, 0.3) is 0 Å². The van der Waals surface area contributed by atoms with Gasteiger partial charge in [0.25, 0.3) is 0 Å². The molecular weight excluding hydrogens is 312 g/mol. The molecule has 130 valence electrons. The van der Waals surface area contributed by atoms with Gasteiger partial charge in [0.2, 0.25) is 5.91 Å². The molecular formula is C16H22N4O4. The first-order valence-corrected chi connectivity index (χ1v) is 7.65. The van der Waals surface area contributed by atoms with Crippen molar-refractivity contribution in [3.63, 3.8) is 0 Å². The van der Waals surface area contributed by atoms with Gasteiger partial charge in [0.15, 0.2) is 5.69 Å². The van der Waals surface area contributed by atoms with E-state index in [-0.39, 0.29) is 18.0 Å². The Kier molecular flexibility index (Phi) is 5.06. The monoisotopic (exact) mass is 334 g/mol. The number of amides is 1. The zero-order chi connectivity index (χ0) is 17.9. The van der Waals surface area contributed by atoms with Crippen molar-refractivity contribution in [2.75, 3.05) is 5.32 Å². The van der Waals surface area contributed by atoms with Crippen molar-refractivity contribution >= 4 is 17.6 Å². The van der Waals surface area contributed by atoms with Gasteiger partial charge >= 0.3 is 5.97 Å². The van der Waals surface area contributed by atoms with Crippen molar-refractivity contribution in [3.8, 4) is 0 Å². The summed E-state index contributed by atoms with van der Waals surface area (Å²) in [7, 11) is 0. The van der Waals surface area contributed by atoms with E-state index in [0.29, 0.717) is 17.9 Å². The Morgan fingerprint density at radius 3 is 2.62 bits per heavy atom. The summed E-state index contributed by atoms with van der Waals surface area (Å²) in [6.45, 7) is 8.94. The molecule has 2 N–H and O–H groups in total. The fourth-order valence-electron chi connectivity index (χ4n) is 2.18. The molecule has 0 spiro atoms. The molecule has 0 bridgehead atoms. The third-order valence-corrected chi connectivity index (χ3v) is 3.30. The van der Waals surface area contributed by atoms with Gasteiger partial charge in [0.1, 0.15) is 11.4 Å². The van der Waals surface area contributed by atoms with E-state index >= 15 is 0 Å². The Hall–Kier alpha value is -2.64. The molecule has 8 nitrogen and oxygen atoms in total. The molecule has 2 rings (SSSR count). The maximum absolute atomic E-state index is 12.1. The molecule has 0 aliphatic carbocycles. The lowest BCUT2D eigenvalue weighted by Gasteiger charge is -2.19. The Labute approximate surface area is 139 Å². The van der Waals surface area contributed by atoms with E-state index in [1.165, 1.54) is 6.20 Å². The van der Waals surface area contributed by atoms with E-state index in [1.807, 2.05) is 13.8 Å². The highest BCUT2D eigenvalue weighted by atomic mass is 16.6. The SMILES string of the molecule is Cc1noc(C)c1CCC(=O)Nc1cn[nH]c1C(=O)OC(C)(C)C. The Bertz CT molecular complexity index is 720. The molecule has 8 heteroatoms. The summed E-state index contributed by atoms with van der Waals surface area (Å²) >= 11 is 0. The fourth-order valence-corrected chi connectivity index (χ4v) is 2.18. The number of aromatic nitrogens is 3. The topological polar surface area (TPSA) is 110 Å². The number of hydrogen-bond donors (Lipinski definition) is 2. The largest absolute Gasteiger partial charge is 0.455 e. The molecule has 2 heterocycles. The molecule has 0 fully saturated rings. The summed E-state index contributed by atoms with van der Waals surface area (Å²) in [6.07, 6.45) is 2.13. The van der Waals surface area contributed by atoms with Crippen molar-refractivity contribution in [1.29, 1.82) is 0 Å². The summed E-state index contributed by atoms with van der Waals surface area (Å²) < 4.78 is 10.3. The number of carbonyl (C=O) groups excluding carboxylic acids is 2. The number of rotatable bonds is 5. The van der Waals surface area contributed by atoms with E-state index < -0.39 is 11.6 Å². The van der Waals surface area contributed by atoms with Crippen LogP contribution in [0, 0.1) is 13.8 Å². The molecule has 0 atom stereocenters. The molecule has 1 amide bonds. The number of carbonyl (C=O) groups is 2. The zero-order valence-corrected chi connectivity index (χ0v) is 14.5. The summed E-state index contributed by atoms with van der Waals surface area (Å²) in [4.78, 5) is 24.2. The van der Waals surface area contributed by atoms with Gasteiger partial charge in [-0.05, 0) is 41.0 Å². The molecule has 0 radical (unpaired) electrons. The van der Waals surface area contributed by atoms with Gasteiger partial charge in [-0.1, -0.05) is 5.16 Å². The number of nitrogens with one attached hydrogen (secondary N) is 2. The first kappa shape index (κ1) is 17.7. The highest BCUT2D eigenvalue weighted by Gasteiger charge is 2.23. The Morgan fingerprint density at radius 1 is 1.33 bits per heavy atom. The maximum Gasteiger partial charge on any atom is 0.359 e. The van der Waals surface area contributed by atoms with Crippen LogP contribution in [-0.4, -0.2) is 32.8 Å². The number of nitrogens with zero attached hydrogens (tertiary/aromatic N) is 2. The highest BCUT2D eigenvalue weighted by molar-refractivity contribution is 5.99. The van der Waals surface area contributed by atoms with Gasteiger partial charge in [-0.15, -0.1) is 0 Å². The summed E-state index contributed by atoms with van der Waals surface area (Å²) in [5.41, 5.74) is 1.48. The normalized spacial score (nSPS) is 11.4. The summed E-state index contributed by atoms with van der Waals surface area (Å²) in [5.74, 6) is -0.0970.